The lowest BCUT2D eigenvalue weighted by Gasteiger charge is -2.15. The van der Waals surface area contributed by atoms with Crippen molar-refractivity contribution in [2.24, 2.45) is 0 Å². The van der Waals surface area contributed by atoms with E-state index in [0.29, 0.717) is 12.8 Å². The Hall–Kier alpha value is -3.15. The second-order valence-corrected chi connectivity index (χ2v) is 6.77. The quantitative estimate of drug-likeness (QED) is 0.773. The molecule has 6 nitrogen and oxygen atoms in total. The van der Waals surface area contributed by atoms with Crippen molar-refractivity contribution >= 4 is 23.5 Å². The summed E-state index contributed by atoms with van der Waals surface area (Å²) in [5, 5.41) is 5.48. The van der Waals surface area contributed by atoms with Crippen molar-refractivity contribution < 1.29 is 14.4 Å². The molecule has 140 valence electrons. The maximum absolute atomic E-state index is 12.5. The number of amides is 4. The van der Waals surface area contributed by atoms with Gasteiger partial charge in [0.05, 0.1) is 0 Å². The highest BCUT2D eigenvalue weighted by molar-refractivity contribution is 6.08. The number of hydrogen-bond acceptors (Lipinski definition) is 3. The molecule has 0 aliphatic carbocycles. The zero-order chi connectivity index (χ0) is 19.4. The lowest BCUT2D eigenvalue weighted by atomic mass is 10.1. The van der Waals surface area contributed by atoms with Gasteiger partial charge in [-0.25, -0.2) is 4.79 Å². The largest absolute Gasteiger partial charge is 0.326 e. The van der Waals surface area contributed by atoms with Crippen LogP contribution in [0.3, 0.4) is 0 Å². The Morgan fingerprint density at radius 1 is 1.04 bits per heavy atom. The molecule has 0 aromatic heterocycles. The molecule has 0 radical (unpaired) electrons. The Morgan fingerprint density at radius 3 is 2.37 bits per heavy atom. The van der Waals surface area contributed by atoms with Gasteiger partial charge >= 0.3 is 6.03 Å². The summed E-state index contributed by atoms with van der Waals surface area (Å²) in [4.78, 5) is 38.0. The van der Waals surface area contributed by atoms with E-state index in [-0.39, 0.29) is 18.4 Å². The lowest BCUT2D eigenvalue weighted by molar-refractivity contribution is -0.130. The second-order valence-electron chi connectivity index (χ2n) is 6.77. The maximum Gasteiger partial charge on any atom is 0.325 e. The van der Waals surface area contributed by atoms with E-state index in [1.54, 1.807) is 0 Å². The van der Waals surface area contributed by atoms with Crippen LogP contribution in [0.25, 0.3) is 0 Å². The van der Waals surface area contributed by atoms with Gasteiger partial charge in [0.2, 0.25) is 5.91 Å². The van der Waals surface area contributed by atoms with E-state index in [1.807, 2.05) is 62.4 Å². The van der Waals surface area contributed by atoms with Crippen molar-refractivity contribution in [3.05, 3.63) is 65.2 Å². The predicted octanol–water partition coefficient (Wildman–Crippen LogP) is 2.80. The Labute approximate surface area is 158 Å². The highest BCUT2D eigenvalue weighted by atomic mass is 16.2. The van der Waals surface area contributed by atoms with Gasteiger partial charge < -0.3 is 10.6 Å². The summed E-state index contributed by atoms with van der Waals surface area (Å²) in [6.07, 6.45) is 1.18. The minimum atomic E-state index is -0.592. The van der Waals surface area contributed by atoms with Crippen molar-refractivity contribution in [1.29, 1.82) is 0 Å². The van der Waals surface area contributed by atoms with Crippen molar-refractivity contribution in [2.75, 3.05) is 11.9 Å². The van der Waals surface area contributed by atoms with Crippen LogP contribution in [0.5, 0.6) is 0 Å². The molecule has 1 saturated heterocycles. The summed E-state index contributed by atoms with van der Waals surface area (Å²) in [5.41, 5.74) is 3.68. The average molecular weight is 365 g/mol. The standard InChI is InChI=1S/C21H23N3O3/c1-14-7-6-8-15(2)19(14)23-18(25)13-24-20(26)17(22-21(24)27)12-11-16-9-4-3-5-10-16/h3-10,17H,11-13H2,1-2H3,(H,22,27)(H,23,25)/t17-/m1/s1. The van der Waals surface area contributed by atoms with Crippen LogP contribution < -0.4 is 10.6 Å². The fourth-order valence-electron chi connectivity index (χ4n) is 3.21. The number of rotatable bonds is 6. The summed E-state index contributed by atoms with van der Waals surface area (Å²) < 4.78 is 0. The number of imide groups is 1. The Morgan fingerprint density at radius 2 is 1.70 bits per heavy atom. The van der Waals surface area contributed by atoms with Crippen molar-refractivity contribution in [3.8, 4) is 0 Å². The molecule has 0 saturated carbocycles. The Bertz CT molecular complexity index is 844. The second kappa shape index (κ2) is 8.03. The highest BCUT2D eigenvalue weighted by Crippen LogP contribution is 2.20. The van der Waals surface area contributed by atoms with Crippen LogP contribution in [0.1, 0.15) is 23.1 Å². The zero-order valence-electron chi connectivity index (χ0n) is 15.5. The third-order valence-corrected chi connectivity index (χ3v) is 4.72. The van der Waals surface area contributed by atoms with E-state index in [2.05, 4.69) is 10.6 Å². The van der Waals surface area contributed by atoms with E-state index < -0.39 is 12.1 Å². The van der Waals surface area contributed by atoms with Crippen LogP contribution in [0.4, 0.5) is 10.5 Å². The molecule has 1 fully saturated rings. The maximum atomic E-state index is 12.5. The van der Waals surface area contributed by atoms with Gasteiger partial charge in [0.25, 0.3) is 5.91 Å². The van der Waals surface area contributed by atoms with E-state index >= 15 is 0 Å². The van der Waals surface area contributed by atoms with E-state index in [9.17, 15) is 14.4 Å². The number of nitrogens with zero attached hydrogens (tertiary/aromatic N) is 1. The number of urea groups is 1. The van der Waals surface area contributed by atoms with Gasteiger partial charge in [0, 0.05) is 5.69 Å². The first-order valence-electron chi connectivity index (χ1n) is 8.97. The van der Waals surface area contributed by atoms with Gasteiger partial charge in [-0.3, -0.25) is 14.5 Å². The fraction of sp³-hybridized carbons (Fsp3) is 0.286. The van der Waals surface area contributed by atoms with E-state index in [1.165, 1.54) is 0 Å². The fourth-order valence-corrected chi connectivity index (χ4v) is 3.21. The summed E-state index contributed by atoms with van der Waals surface area (Å²) in [7, 11) is 0. The molecule has 27 heavy (non-hydrogen) atoms. The number of carbonyl (C=O) groups excluding carboxylic acids is 3. The molecule has 0 unspecified atom stereocenters. The SMILES string of the molecule is Cc1cccc(C)c1NC(=O)CN1C(=O)N[C@H](CCc2ccccc2)C1=O. The van der Waals surface area contributed by atoms with Gasteiger partial charge in [0.1, 0.15) is 12.6 Å². The van der Waals surface area contributed by atoms with Crippen LogP contribution >= 0.6 is 0 Å². The predicted molar refractivity (Wildman–Crippen MR) is 103 cm³/mol. The van der Waals surface area contributed by atoms with Gasteiger partial charge in [-0.1, -0.05) is 48.5 Å². The van der Waals surface area contributed by atoms with Crippen molar-refractivity contribution in [1.82, 2.24) is 10.2 Å². The van der Waals surface area contributed by atoms with E-state index in [4.69, 9.17) is 0 Å². The number of aryl methyl sites for hydroxylation is 3. The zero-order valence-corrected chi connectivity index (χ0v) is 15.5. The molecule has 1 atom stereocenters. The number of para-hydroxylation sites is 1. The lowest BCUT2D eigenvalue weighted by Crippen LogP contribution is -2.38. The third kappa shape index (κ3) is 4.34. The first-order valence-corrected chi connectivity index (χ1v) is 8.97. The molecule has 1 aliphatic heterocycles. The number of nitrogens with one attached hydrogen (secondary N) is 2. The summed E-state index contributed by atoms with van der Waals surface area (Å²) in [6.45, 7) is 3.51. The first-order chi connectivity index (χ1) is 13.0. The highest BCUT2D eigenvalue weighted by Gasteiger charge is 2.38. The molecule has 1 heterocycles. The minimum absolute atomic E-state index is 0.291. The summed E-state index contributed by atoms with van der Waals surface area (Å²) in [5.74, 6) is -0.743. The van der Waals surface area contributed by atoms with Crippen LogP contribution in [0, 0.1) is 13.8 Å². The molecule has 2 aromatic carbocycles. The van der Waals surface area contributed by atoms with Crippen LogP contribution in [-0.4, -0.2) is 35.3 Å². The Balaban J connectivity index is 1.59. The number of benzene rings is 2. The normalized spacial score (nSPS) is 16.4. The molecular weight excluding hydrogens is 342 g/mol. The molecule has 2 aromatic rings. The van der Waals surface area contributed by atoms with Gasteiger partial charge in [-0.2, -0.15) is 0 Å². The van der Waals surface area contributed by atoms with Gasteiger partial charge in [-0.15, -0.1) is 0 Å². The molecule has 3 rings (SSSR count). The first kappa shape index (κ1) is 18.6. The van der Waals surface area contributed by atoms with Crippen LogP contribution in [0.2, 0.25) is 0 Å². The van der Waals surface area contributed by atoms with Crippen LogP contribution in [0.15, 0.2) is 48.5 Å². The topological polar surface area (TPSA) is 78.5 Å². The molecule has 6 heteroatoms. The minimum Gasteiger partial charge on any atom is -0.326 e. The molecule has 0 spiro atoms. The number of anilines is 1. The van der Waals surface area contributed by atoms with E-state index in [0.717, 1.165) is 27.3 Å². The van der Waals surface area contributed by atoms with Gasteiger partial charge in [0.15, 0.2) is 0 Å². The Kier molecular flexibility index (Phi) is 5.54. The summed E-state index contributed by atoms with van der Waals surface area (Å²) >= 11 is 0. The molecular formula is C21H23N3O3. The third-order valence-electron chi connectivity index (χ3n) is 4.72. The molecule has 4 amide bonds. The number of hydrogen-bond donors (Lipinski definition) is 2. The smallest absolute Gasteiger partial charge is 0.325 e. The molecule has 0 bridgehead atoms. The number of carbonyl (C=O) groups is 3. The van der Waals surface area contributed by atoms with Crippen molar-refractivity contribution in [2.45, 2.75) is 32.7 Å². The average Bonchev–Trinajstić information content (AvgIpc) is 2.91. The monoisotopic (exact) mass is 365 g/mol. The summed E-state index contributed by atoms with van der Waals surface area (Å²) in [6, 6.07) is 14.4. The van der Waals surface area contributed by atoms with Gasteiger partial charge in [-0.05, 0) is 43.4 Å². The molecule has 1 aliphatic rings. The van der Waals surface area contributed by atoms with Crippen molar-refractivity contribution in [3.63, 3.8) is 0 Å². The van der Waals surface area contributed by atoms with Crippen LogP contribution in [-0.2, 0) is 16.0 Å². The molecule has 2 N–H and O–H groups in total.